The first-order valence-electron chi connectivity index (χ1n) is 5.05. The number of hydrogen-bond donors (Lipinski definition) is 3. The average Bonchev–Trinajstić information content (AvgIpc) is 2.23. The van der Waals surface area contributed by atoms with Crippen LogP contribution in [0.1, 0.15) is 18.9 Å². The van der Waals surface area contributed by atoms with Gasteiger partial charge in [-0.25, -0.2) is 5.84 Å². The lowest BCUT2D eigenvalue weighted by molar-refractivity contribution is -0.121. The fraction of sp³-hybridized carbons (Fsp3) is 0.364. The van der Waals surface area contributed by atoms with Gasteiger partial charge in [0.1, 0.15) is 0 Å². The van der Waals surface area contributed by atoms with E-state index in [-0.39, 0.29) is 11.2 Å². The molecule has 0 bridgehead atoms. The van der Waals surface area contributed by atoms with E-state index in [9.17, 15) is 4.79 Å². The van der Waals surface area contributed by atoms with Crippen LogP contribution in [0.2, 0.25) is 0 Å². The summed E-state index contributed by atoms with van der Waals surface area (Å²) in [5, 5.41) is 0.170. The minimum Gasteiger partial charge on any atom is -0.399 e. The number of thioether (sulfide) groups is 1. The monoisotopic (exact) mass is 239 g/mol. The summed E-state index contributed by atoms with van der Waals surface area (Å²) in [5.41, 5.74) is 9.75. The molecule has 1 aromatic carbocycles. The quantitative estimate of drug-likeness (QED) is 0.244. The summed E-state index contributed by atoms with van der Waals surface area (Å²) in [6, 6.07) is 5.78. The van der Waals surface area contributed by atoms with Crippen molar-refractivity contribution >= 4 is 23.4 Å². The molecule has 16 heavy (non-hydrogen) atoms. The molecule has 1 atom stereocenters. The van der Waals surface area contributed by atoms with Gasteiger partial charge >= 0.3 is 0 Å². The molecule has 1 aromatic rings. The van der Waals surface area contributed by atoms with Crippen molar-refractivity contribution in [3.63, 3.8) is 0 Å². The van der Waals surface area contributed by atoms with E-state index in [2.05, 4.69) is 5.43 Å². The van der Waals surface area contributed by atoms with Gasteiger partial charge in [-0.3, -0.25) is 10.2 Å². The van der Waals surface area contributed by atoms with E-state index < -0.39 is 0 Å². The highest BCUT2D eigenvalue weighted by molar-refractivity contribution is 8.00. The highest BCUT2D eigenvalue weighted by Gasteiger charge is 2.10. The van der Waals surface area contributed by atoms with Gasteiger partial charge in [0, 0.05) is 22.3 Å². The van der Waals surface area contributed by atoms with Gasteiger partial charge < -0.3 is 5.73 Å². The predicted octanol–water partition coefficient (Wildman–Crippen LogP) is 1.44. The lowest BCUT2D eigenvalue weighted by Gasteiger charge is -2.12. The molecule has 0 aromatic heterocycles. The summed E-state index contributed by atoms with van der Waals surface area (Å²) in [4.78, 5) is 12.2. The van der Waals surface area contributed by atoms with E-state index in [0.29, 0.717) is 6.42 Å². The third-order valence-corrected chi connectivity index (χ3v) is 3.44. The van der Waals surface area contributed by atoms with Crippen LogP contribution in [-0.4, -0.2) is 11.2 Å². The number of benzene rings is 1. The van der Waals surface area contributed by atoms with Crippen molar-refractivity contribution in [3.8, 4) is 0 Å². The molecule has 5 N–H and O–H groups in total. The summed E-state index contributed by atoms with van der Waals surface area (Å²) < 4.78 is 0. The van der Waals surface area contributed by atoms with Crippen molar-refractivity contribution < 1.29 is 4.79 Å². The standard InChI is InChI=1S/C11H17N3OS/c1-7-3-4-9(12)6-10(7)16-8(2)5-11(15)14-13/h3-4,6,8H,5,12-13H2,1-2H3,(H,14,15). The number of amides is 1. The minimum atomic E-state index is -0.151. The molecule has 88 valence electrons. The van der Waals surface area contributed by atoms with E-state index >= 15 is 0 Å². The molecule has 0 saturated carbocycles. The molecule has 1 amide bonds. The number of carbonyl (C=O) groups is 1. The van der Waals surface area contributed by atoms with Crippen LogP contribution in [0.5, 0.6) is 0 Å². The maximum Gasteiger partial charge on any atom is 0.234 e. The first kappa shape index (κ1) is 12.9. The Morgan fingerprint density at radius 1 is 1.56 bits per heavy atom. The van der Waals surface area contributed by atoms with Crippen molar-refractivity contribution in [3.05, 3.63) is 23.8 Å². The van der Waals surface area contributed by atoms with E-state index in [1.54, 1.807) is 11.8 Å². The number of hydrogen-bond acceptors (Lipinski definition) is 4. The molecule has 5 heteroatoms. The van der Waals surface area contributed by atoms with Crippen molar-refractivity contribution in [2.24, 2.45) is 5.84 Å². The lowest BCUT2D eigenvalue weighted by Crippen LogP contribution is -2.31. The average molecular weight is 239 g/mol. The Hall–Kier alpha value is -1.20. The fourth-order valence-corrected chi connectivity index (χ4v) is 2.45. The number of nitrogens with two attached hydrogens (primary N) is 2. The number of anilines is 1. The van der Waals surface area contributed by atoms with Gasteiger partial charge in [-0.1, -0.05) is 13.0 Å². The molecule has 0 heterocycles. The predicted molar refractivity (Wildman–Crippen MR) is 67.9 cm³/mol. The van der Waals surface area contributed by atoms with E-state index in [1.165, 1.54) is 5.56 Å². The summed E-state index contributed by atoms with van der Waals surface area (Å²) in [7, 11) is 0. The smallest absolute Gasteiger partial charge is 0.234 e. The second-order valence-corrected chi connectivity index (χ2v) is 5.21. The van der Waals surface area contributed by atoms with Crippen LogP contribution >= 0.6 is 11.8 Å². The Morgan fingerprint density at radius 3 is 2.88 bits per heavy atom. The van der Waals surface area contributed by atoms with Crippen LogP contribution in [0.15, 0.2) is 23.1 Å². The van der Waals surface area contributed by atoms with E-state index in [1.807, 2.05) is 32.0 Å². The van der Waals surface area contributed by atoms with Gasteiger partial charge in [0.15, 0.2) is 0 Å². The molecule has 0 radical (unpaired) electrons. The van der Waals surface area contributed by atoms with Crippen LogP contribution in [0.3, 0.4) is 0 Å². The summed E-state index contributed by atoms with van der Waals surface area (Å²) in [6.07, 6.45) is 0.398. The van der Waals surface area contributed by atoms with Gasteiger partial charge in [0.05, 0.1) is 0 Å². The topological polar surface area (TPSA) is 81.1 Å². The Balaban J connectivity index is 2.65. The Morgan fingerprint density at radius 2 is 2.25 bits per heavy atom. The zero-order chi connectivity index (χ0) is 12.1. The molecule has 0 aliphatic rings. The third kappa shape index (κ3) is 3.75. The Labute approximate surface area is 99.7 Å². The number of rotatable bonds is 4. The van der Waals surface area contributed by atoms with Gasteiger partial charge in [-0.2, -0.15) is 0 Å². The second-order valence-electron chi connectivity index (χ2n) is 3.73. The van der Waals surface area contributed by atoms with Gasteiger partial charge in [0.2, 0.25) is 5.91 Å². The summed E-state index contributed by atoms with van der Waals surface area (Å²) in [6.45, 7) is 4.01. The van der Waals surface area contributed by atoms with Crippen molar-refractivity contribution in [2.75, 3.05) is 5.73 Å². The normalized spacial score (nSPS) is 12.2. The largest absolute Gasteiger partial charge is 0.399 e. The van der Waals surface area contributed by atoms with Gasteiger partial charge in [-0.15, -0.1) is 11.8 Å². The zero-order valence-electron chi connectivity index (χ0n) is 9.49. The third-order valence-electron chi connectivity index (χ3n) is 2.17. The molecular formula is C11H17N3OS. The van der Waals surface area contributed by atoms with Crippen LogP contribution < -0.4 is 17.0 Å². The van der Waals surface area contributed by atoms with Crippen molar-refractivity contribution in [2.45, 2.75) is 30.4 Å². The number of nitrogens with one attached hydrogen (secondary N) is 1. The summed E-state index contributed by atoms with van der Waals surface area (Å²) in [5.74, 6) is 4.89. The molecule has 0 saturated heterocycles. The van der Waals surface area contributed by atoms with Gasteiger partial charge in [0.25, 0.3) is 0 Å². The zero-order valence-corrected chi connectivity index (χ0v) is 10.3. The maximum atomic E-state index is 11.1. The van der Waals surface area contributed by atoms with E-state index in [4.69, 9.17) is 11.6 Å². The maximum absolute atomic E-state index is 11.1. The fourth-order valence-electron chi connectivity index (χ4n) is 1.32. The summed E-state index contributed by atoms with van der Waals surface area (Å²) >= 11 is 1.63. The first-order chi connectivity index (χ1) is 7.52. The van der Waals surface area contributed by atoms with Crippen LogP contribution in [-0.2, 0) is 4.79 Å². The molecule has 0 fully saturated rings. The SMILES string of the molecule is Cc1ccc(N)cc1SC(C)CC(=O)NN. The highest BCUT2D eigenvalue weighted by atomic mass is 32.2. The molecule has 4 nitrogen and oxygen atoms in total. The molecular weight excluding hydrogens is 222 g/mol. The molecule has 0 aliphatic carbocycles. The van der Waals surface area contributed by atoms with Crippen LogP contribution in [0.4, 0.5) is 5.69 Å². The molecule has 1 rings (SSSR count). The van der Waals surface area contributed by atoms with Crippen LogP contribution in [0.25, 0.3) is 0 Å². The molecule has 0 spiro atoms. The number of hydrazine groups is 1. The second kappa shape index (κ2) is 5.77. The van der Waals surface area contributed by atoms with E-state index in [0.717, 1.165) is 10.6 Å². The number of carbonyl (C=O) groups excluding carboxylic acids is 1. The lowest BCUT2D eigenvalue weighted by atomic mass is 10.2. The number of aryl methyl sites for hydroxylation is 1. The van der Waals surface area contributed by atoms with Gasteiger partial charge in [-0.05, 0) is 24.6 Å². The highest BCUT2D eigenvalue weighted by Crippen LogP contribution is 2.29. The van der Waals surface area contributed by atoms with Crippen molar-refractivity contribution in [1.82, 2.24) is 5.43 Å². The van der Waals surface area contributed by atoms with Crippen LogP contribution in [0, 0.1) is 6.92 Å². The Kier molecular flexibility index (Phi) is 4.64. The Bertz CT molecular complexity index is 381. The minimum absolute atomic E-state index is 0.151. The molecule has 1 unspecified atom stereocenters. The first-order valence-corrected chi connectivity index (χ1v) is 5.93. The van der Waals surface area contributed by atoms with Crippen molar-refractivity contribution in [1.29, 1.82) is 0 Å². The molecule has 0 aliphatic heterocycles. The number of nitrogen functional groups attached to an aromatic ring is 1.